The van der Waals surface area contributed by atoms with E-state index in [0.29, 0.717) is 5.69 Å². The number of nitrogens with zero attached hydrogens (tertiary/aromatic N) is 1. The van der Waals surface area contributed by atoms with Gasteiger partial charge in [0.05, 0.1) is 11.9 Å². The van der Waals surface area contributed by atoms with Gasteiger partial charge in [-0.25, -0.2) is 8.42 Å². The van der Waals surface area contributed by atoms with E-state index in [0.717, 1.165) is 17.0 Å². The molecule has 0 saturated carbocycles. The zero-order chi connectivity index (χ0) is 14.5. The van der Waals surface area contributed by atoms with Crippen LogP contribution < -0.4 is 9.62 Å². The molecule has 0 saturated heterocycles. The predicted octanol–water partition coefficient (Wildman–Crippen LogP) is 1.37. The predicted molar refractivity (Wildman–Crippen MR) is 76.5 cm³/mol. The van der Waals surface area contributed by atoms with Gasteiger partial charge in [-0.05, 0) is 25.5 Å². The third-order valence-corrected chi connectivity index (χ3v) is 3.89. The van der Waals surface area contributed by atoms with Gasteiger partial charge in [-0.1, -0.05) is 25.1 Å². The maximum absolute atomic E-state index is 11.8. The van der Waals surface area contributed by atoms with Crippen molar-refractivity contribution in [2.45, 2.75) is 26.3 Å². The molecule has 0 heterocycles. The minimum absolute atomic E-state index is 0.0321. The van der Waals surface area contributed by atoms with Crippen molar-refractivity contribution < 1.29 is 13.2 Å². The molecule has 1 rings (SSSR count). The molecule has 0 fully saturated rings. The third-order valence-electron chi connectivity index (χ3n) is 2.75. The maximum Gasteiger partial charge on any atom is 0.240 e. The molecule has 6 heteroatoms. The lowest BCUT2D eigenvalue weighted by molar-refractivity contribution is -0.120. The highest BCUT2D eigenvalue weighted by Crippen LogP contribution is 2.16. The minimum atomic E-state index is -3.48. The van der Waals surface area contributed by atoms with Crippen LogP contribution in [0.25, 0.3) is 0 Å². The lowest BCUT2D eigenvalue weighted by Crippen LogP contribution is -2.43. The van der Waals surface area contributed by atoms with Gasteiger partial charge >= 0.3 is 0 Å². The average molecular weight is 284 g/mol. The Labute approximate surface area is 114 Å². The van der Waals surface area contributed by atoms with E-state index in [-0.39, 0.29) is 18.5 Å². The summed E-state index contributed by atoms with van der Waals surface area (Å²) in [6.45, 7) is 3.63. The summed E-state index contributed by atoms with van der Waals surface area (Å²) in [6, 6.07) is 8.63. The van der Waals surface area contributed by atoms with Crippen molar-refractivity contribution in [2.75, 3.05) is 17.1 Å². The van der Waals surface area contributed by atoms with Crippen LogP contribution in [0.2, 0.25) is 0 Å². The molecular weight excluding hydrogens is 264 g/mol. The molecular formula is C13H20N2O3S. The van der Waals surface area contributed by atoms with Crippen LogP contribution in [0.4, 0.5) is 5.69 Å². The molecule has 0 aromatic heterocycles. The zero-order valence-corrected chi connectivity index (χ0v) is 12.3. The van der Waals surface area contributed by atoms with Crippen molar-refractivity contribution in [3.63, 3.8) is 0 Å². The highest BCUT2D eigenvalue weighted by molar-refractivity contribution is 7.92. The van der Waals surface area contributed by atoms with Crippen molar-refractivity contribution in [1.29, 1.82) is 0 Å². The van der Waals surface area contributed by atoms with E-state index in [1.54, 1.807) is 30.3 Å². The van der Waals surface area contributed by atoms with E-state index in [1.807, 2.05) is 13.8 Å². The van der Waals surface area contributed by atoms with Gasteiger partial charge in [-0.15, -0.1) is 0 Å². The van der Waals surface area contributed by atoms with Gasteiger partial charge in [-0.3, -0.25) is 9.10 Å². The molecule has 5 nitrogen and oxygen atoms in total. The molecule has 0 radical (unpaired) electrons. The summed E-state index contributed by atoms with van der Waals surface area (Å²) in [6.07, 6.45) is 1.90. The number of sulfonamides is 1. The summed E-state index contributed by atoms with van der Waals surface area (Å²) < 4.78 is 24.6. The van der Waals surface area contributed by atoms with Crippen molar-refractivity contribution in [3.05, 3.63) is 30.3 Å². The quantitative estimate of drug-likeness (QED) is 0.858. The Kier molecular flexibility index (Phi) is 5.35. The topological polar surface area (TPSA) is 66.5 Å². The molecule has 1 amide bonds. The van der Waals surface area contributed by atoms with Crippen molar-refractivity contribution in [3.8, 4) is 0 Å². The largest absolute Gasteiger partial charge is 0.352 e. The van der Waals surface area contributed by atoms with E-state index < -0.39 is 10.0 Å². The van der Waals surface area contributed by atoms with Crippen molar-refractivity contribution in [2.24, 2.45) is 0 Å². The van der Waals surface area contributed by atoms with Crippen LogP contribution in [-0.2, 0) is 14.8 Å². The van der Waals surface area contributed by atoms with E-state index in [4.69, 9.17) is 0 Å². The molecule has 0 aliphatic rings. The highest BCUT2D eigenvalue weighted by atomic mass is 32.2. The lowest BCUT2D eigenvalue weighted by Gasteiger charge is -2.22. The molecule has 1 N–H and O–H groups in total. The van der Waals surface area contributed by atoms with Gasteiger partial charge in [0.1, 0.15) is 6.54 Å². The summed E-state index contributed by atoms with van der Waals surface area (Å²) in [5.74, 6) is -0.302. The Balaban J connectivity index is 2.87. The Bertz CT molecular complexity index is 514. The zero-order valence-electron chi connectivity index (χ0n) is 11.5. The molecule has 0 spiro atoms. The average Bonchev–Trinajstić information content (AvgIpc) is 2.35. The molecule has 1 atom stereocenters. The summed E-state index contributed by atoms with van der Waals surface area (Å²) >= 11 is 0. The van der Waals surface area contributed by atoms with Crippen LogP contribution in [0.15, 0.2) is 30.3 Å². The number of carbonyl (C=O) groups excluding carboxylic acids is 1. The fourth-order valence-corrected chi connectivity index (χ4v) is 2.40. The number of nitrogens with one attached hydrogen (secondary N) is 1. The van der Waals surface area contributed by atoms with Crippen LogP contribution in [-0.4, -0.2) is 33.2 Å². The first kappa shape index (κ1) is 15.5. The second-order valence-electron chi connectivity index (χ2n) is 4.48. The Morgan fingerprint density at radius 1 is 1.32 bits per heavy atom. The maximum atomic E-state index is 11.8. The van der Waals surface area contributed by atoms with E-state index in [1.165, 1.54) is 0 Å². The number of hydrogen-bond donors (Lipinski definition) is 1. The summed E-state index contributed by atoms with van der Waals surface area (Å²) in [5, 5.41) is 2.76. The summed E-state index contributed by atoms with van der Waals surface area (Å²) in [5.41, 5.74) is 0.490. The van der Waals surface area contributed by atoms with Gasteiger partial charge in [0, 0.05) is 6.04 Å². The molecule has 106 valence electrons. The van der Waals surface area contributed by atoms with Crippen LogP contribution >= 0.6 is 0 Å². The van der Waals surface area contributed by atoms with Gasteiger partial charge in [-0.2, -0.15) is 0 Å². The lowest BCUT2D eigenvalue weighted by atomic mass is 10.2. The molecule has 0 unspecified atom stereocenters. The second kappa shape index (κ2) is 6.56. The SMILES string of the molecule is CC[C@H](C)NC(=O)CN(c1ccccc1)S(C)(=O)=O. The van der Waals surface area contributed by atoms with Crippen LogP contribution in [0.5, 0.6) is 0 Å². The summed E-state index contributed by atoms with van der Waals surface area (Å²) in [7, 11) is -3.48. The fourth-order valence-electron chi connectivity index (χ4n) is 1.55. The van der Waals surface area contributed by atoms with E-state index in [2.05, 4.69) is 5.32 Å². The molecule has 0 bridgehead atoms. The smallest absolute Gasteiger partial charge is 0.240 e. The first-order valence-electron chi connectivity index (χ1n) is 6.16. The monoisotopic (exact) mass is 284 g/mol. The number of para-hydroxylation sites is 1. The van der Waals surface area contributed by atoms with E-state index in [9.17, 15) is 13.2 Å². The Hall–Kier alpha value is -1.56. The molecule has 0 aliphatic heterocycles. The summed E-state index contributed by atoms with van der Waals surface area (Å²) in [4.78, 5) is 11.8. The third kappa shape index (κ3) is 4.90. The normalized spacial score (nSPS) is 12.8. The van der Waals surface area contributed by atoms with Crippen molar-refractivity contribution in [1.82, 2.24) is 5.32 Å². The number of amides is 1. The van der Waals surface area contributed by atoms with Gasteiger partial charge in [0.15, 0.2) is 0 Å². The number of hydrogen-bond acceptors (Lipinski definition) is 3. The molecule has 1 aromatic rings. The first-order valence-corrected chi connectivity index (χ1v) is 8.01. The molecule has 19 heavy (non-hydrogen) atoms. The standard InChI is InChI=1S/C13H20N2O3S/c1-4-11(2)14-13(16)10-15(19(3,17)18)12-8-6-5-7-9-12/h5-9,11H,4,10H2,1-3H3,(H,14,16)/t11-/m0/s1. The number of benzene rings is 1. The first-order chi connectivity index (χ1) is 8.84. The number of rotatable bonds is 6. The highest BCUT2D eigenvalue weighted by Gasteiger charge is 2.20. The van der Waals surface area contributed by atoms with Gasteiger partial charge < -0.3 is 5.32 Å². The Morgan fingerprint density at radius 2 is 1.89 bits per heavy atom. The Morgan fingerprint density at radius 3 is 2.37 bits per heavy atom. The van der Waals surface area contributed by atoms with Gasteiger partial charge in [0.2, 0.25) is 15.9 Å². The second-order valence-corrected chi connectivity index (χ2v) is 6.39. The van der Waals surface area contributed by atoms with Crippen LogP contribution in [0, 0.1) is 0 Å². The number of carbonyl (C=O) groups is 1. The molecule has 0 aliphatic carbocycles. The van der Waals surface area contributed by atoms with Gasteiger partial charge in [0.25, 0.3) is 0 Å². The van der Waals surface area contributed by atoms with Crippen LogP contribution in [0.1, 0.15) is 20.3 Å². The van der Waals surface area contributed by atoms with E-state index >= 15 is 0 Å². The minimum Gasteiger partial charge on any atom is -0.352 e. The van der Waals surface area contributed by atoms with Crippen LogP contribution in [0.3, 0.4) is 0 Å². The van der Waals surface area contributed by atoms with Crippen molar-refractivity contribution >= 4 is 21.6 Å². The molecule has 1 aromatic carbocycles. The fraction of sp³-hybridized carbons (Fsp3) is 0.462. The number of anilines is 1.